The number of aryl methyl sites for hydroxylation is 1. The minimum Gasteiger partial charge on any atom is -0.247 e. The molecule has 5 aromatic rings. The molecular weight excluding hydrogens is 430 g/mol. The molecule has 0 amide bonds. The van der Waals surface area contributed by atoms with Crippen molar-refractivity contribution in [1.29, 1.82) is 0 Å². The molecule has 0 N–H and O–H groups in total. The van der Waals surface area contributed by atoms with E-state index in [1.165, 1.54) is 38.1 Å². The van der Waals surface area contributed by atoms with Gasteiger partial charge in [-0.1, -0.05) is 89.6 Å². The van der Waals surface area contributed by atoms with E-state index < -0.39 is 0 Å². The van der Waals surface area contributed by atoms with Gasteiger partial charge in [-0.15, -0.1) is 0 Å². The lowest BCUT2D eigenvalue weighted by atomic mass is 9.88. The van der Waals surface area contributed by atoms with Crippen molar-refractivity contribution in [3.8, 4) is 11.3 Å². The van der Waals surface area contributed by atoms with E-state index >= 15 is 0 Å². The quantitative estimate of drug-likeness (QED) is 0.250. The molecule has 146 valence electrons. The number of benzene rings is 4. The highest BCUT2D eigenvalue weighted by Crippen LogP contribution is 2.41. The van der Waals surface area contributed by atoms with Crippen LogP contribution in [0.25, 0.3) is 49.8 Å². The van der Waals surface area contributed by atoms with Gasteiger partial charge in [0.2, 0.25) is 0 Å². The molecule has 0 bridgehead atoms. The van der Waals surface area contributed by atoms with Crippen molar-refractivity contribution in [3.05, 3.63) is 94.5 Å². The summed E-state index contributed by atoms with van der Waals surface area (Å²) in [5.41, 5.74) is 5.81. The summed E-state index contributed by atoms with van der Waals surface area (Å²) in [6.07, 6.45) is 5.55. The van der Waals surface area contributed by atoms with Gasteiger partial charge >= 0.3 is 0 Å². The Morgan fingerprint density at radius 1 is 0.833 bits per heavy atom. The van der Waals surface area contributed by atoms with E-state index in [9.17, 15) is 0 Å². The van der Waals surface area contributed by atoms with Crippen LogP contribution in [0.3, 0.4) is 0 Å². The van der Waals surface area contributed by atoms with E-state index in [0.717, 1.165) is 27.7 Å². The Bertz CT molecular complexity index is 1450. The Labute approximate surface area is 185 Å². The van der Waals surface area contributed by atoms with Crippen molar-refractivity contribution in [2.24, 2.45) is 0 Å². The zero-order chi connectivity index (χ0) is 20.7. The molecule has 0 atom stereocenters. The van der Waals surface area contributed by atoms with Crippen molar-refractivity contribution in [1.82, 2.24) is 4.98 Å². The van der Waals surface area contributed by atoms with Gasteiger partial charge in [-0.3, -0.25) is 0 Å². The van der Waals surface area contributed by atoms with Crippen molar-refractivity contribution in [2.45, 2.75) is 20.3 Å². The minimum atomic E-state index is 1.02. The van der Waals surface area contributed by atoms with E-state index in [1.807, 2.05) is 0 Å². The van der Waals surface area contributed by atoms with Gasteiger partial charge < -0.3 is 0 Å². The van der Waals surface area contributed by atoms with E-state index in [4.69, 9.17) is 4.98 Å². The molecule has 5 rings (SSSR count). The van der Waals surface area contributed by atoms with Crippen molar-refractivity contribution < 1.29 is 0 Å². The van der Waals surface area contributed by atoms with Gasteiger partial charge in [0.25, 0.3) is 0 Å². The molecule has 4 aromatic carbocycles. The SMILES string of the molecule is CC/C=C\c1c(C)c2c3ccccc3nc(-c3cccc(Br)c3)c2c2ccccc12. The number of nitrogens with zero attached hydrogens (tertiary/aromatic N) is 1. The summed E-state index contributed by atoms with van der Waals surface area (Å²) in [4.78, 5) is 5.16. The van der Waals surface area contributed by atoms with Gasteiger partial charge in [-0.25, -0.2) is 4.98 Å². The lowest BCUT2D eigenvalue weighted by molar-refractivity contribution is 1.23. The lowest BCUT2D eigenvalue weighted by Gasteiger charge is -2.18. The first kappa shape index (κ1) is 19.0. The summed E-state index contributed by atoms with van der Waals surface area (Å²) >= 11 is 3.64. The van der Waals surface area contributed by atoms with Crippen LogP contribution in [0.5, 0.6) is 0 Å². The molecule has 0 saturated heterocycles. The number of halogens is 1. The molecule has 0 aliphatic carbocycles. The third-order valence-electron chi connectivity index (χ3n) is 5.78. The molecule has 0 unspecified atom stereocenters. The Morgan fingerprint density at radius 2 is 1.57 bits per heavy atom. The van der Waals surface area contributed by atoms with Gasteiger partial charge in [0.15, 0.2) is 0 Å². The summed E-state index contributed by atoms with van der Waals surface area (Å²) in [5.74, 6) is 0. The van der Waals surface area contributed by atoms with Gasteiger partial charge in [0, 0.05) is 20.8 Å². The fourth-order valence-corrected chi connectivity index (χ4v) is 4.83. The molecule has 0 fully saturated rings. The maximum absolute atomic E-state index is 5.16. The van der Waals surface area contributed by atoms with Gasteiger partial charge in [0.05, 0.1) is 11.2 Å². The highest BCUT2D eigenvalue weighted by molar-refractivity contribution is 9.10. The molecule has 1 aromatic heterocycles. The zero-order valence-electron chi connectivity index (χ0n) is 17.1. The second kappa shape index (κ2) is 7.70. The maximum Gasteiger partial charge on any atom is 0.0794 e. The van der Waals surface area contributed by atoms with Crippen LogP contribution in [0.2, 0.25) is 0 Å². The van der Waals surface area contributed by atoms with Crippen molar-refractivity contribution in [2.75, 3.05) is 0 Å². The van der Waals surface area contributed by atoms with Crippen molar-refractivity contribution in [3.63, 3.8) is 0 Å². The highest BCUT2D eigenvalue weighted by atomic mass is 79.9. The van der Waals surface area contributed by atoms with Crippen LogP contribution in [0, 0.1) is 6.92 Å². The predicted molar refractivity (Wildman–Crippen MR) is 134 cm³/mol. The Morgan fingerprint density at radius 3 is 2.33 bits per heavy atom. The first-order chi connectivity index (χ1) is 14.7. The minimum absolute atomic E-state index is 1.02. The number of aromatic nitrogens is 1. The van der Waals surface area contributed by atoms with Crippen LogP contribution >= 0.6 is 15.9 Å². The number of para-hydroxylation sites is 1. The van der Waals surface area contributed by atoms with Gasteiger partial charge in [-0.2, -0.15) is 0 Å². The van der Waals surface area contributed by atoms with Crippen LogP contribution in [-0.2, 0) is 0 Å². The number of rotatable bonds is 3. The van der Waals surface area contributed by atoms with Crippen molar-refractivity contribution >= 4 is 54.5 Å². The van der Waals surface area contributed by atoms with Gasteiger partial charge in [-0.05, 0) is 58.8 Å². The topological polar surface area (TPSA) is 12.9 Å². The third kappa shape index (κ3) is 3.03. The molecule has 0 radical (unpaired) electrons. The van der Waals surface area contributed by atoms with Crippen LogP contribution in [-0.4, -0.2) is 4.98 Å². The summed E-state index contributed by atoms with van der Waals surface area (Å²) < 4.78 is 1.06. The monoisotopic (exact) mass is 451 g/mol. The van der Waals surface area contributed by atoms with E-state index in [0.29, 0.717) is 0 Å². The van der Waals surface area contributed by atoms with E-state index in [2.05, 4.69) is 115 Å². The summed E-state index contributed by atoms with van der Waals surface area (Å²) in [6, 6.07) is 25.7. The molecule has 30 heavy (non-hydrogen) atoms. The number of hydrogen-bond donors (Lipinski definition) is 0. The van der Waals surface area contributed by atoms with Gasteiger partial charge in [0.1, 0.15) is 0 Å². The normalized spacial score (nSPS) is 11.8. The summed E-state index contributed by atoms with van der Waals surface area (Å²) in [7, 11) is 0. The van der Waals surface area contributed by atoms with Crippen LogP contribution in [0.15, 0.2) is 83.3 Å². The highest BCUT2D eigenvalue weighted by Gasteiger charge is 2.18. The Kier molecular flexibility index (Phi) is 4.88. The second-order valence-corrected chi connectivity index (χ2v) is 8.55. The second-order valence-electron chi connectivity index (χ2n) is 7.63. The zero-order valence-corrected chi connectivity index (χ0v) is 18.7. The smallest absolute Gasteiger partial charge is 0.0794 e. The molecule has 0 aliphatic heterocycles. The predicted octanol–water partition coefficient (Wildman–Crippen LogP) is 8.70. The van der Waals surface area contributed by atoms with Crippen LogP contribution < -0.4 is 0 Å². The fourth-order valence-electron chi connectivity index (χ4n) is 4.43. The fraction of sp³-hybridized carbons (Fsp3) is 0.107. The number of fused-ring (bicyclic) bond motifs is 5. The Hall–Kier alpha value is -2.97. The standard InChI is InChI=1S/C28H22BrN/c1-3-4-12-21-18(2)26-24-15-7-8-16-25(24)30-28(19-10-9-11-20(29)17-19)27(26)23-14-6-5-13-22(21)23/h4-17H,3H2,1-2H3/b12-4-. The Balaban J connectivity index is 2.07. The number of hydrogen-bond acceptors (Lipinski definition) is 1. The third-order valence-corrected chi connectivity index (χ3v) is 6.27. The average Bonchev–Trinajstić information content (AvgIpc) is 2.78. The van der Waals surface area contributed by atoms with Crippen LogP contribution in [0.1, 0.15) is 24.5 Å². The van der Waals surface area contributed by atoms with E-state index in [1.54, 1.807) is 0 Å². The van der Waals surface area contributed by atoms with E-state index in [-0.39, 0.29) is 0 Å². The van der Waals surface area contributed by atoms with Crippen LogP contribution in [0.4, 0.5) is 0 Å². The number of pyridine rings is 1. The summed E-state index contributed by atoms with van der Waals surface area (Å²) in [6.45, 7) is 4.43. The average molecular weight is 452 g/mol. The molecule has 0 aliphatic rings. The number of allylic oxidation sites excluding steroid dienone is 1. The first-order valence-electron chi connectivity index (χ1n) is 10.3. The molecule has 1 nitrogen and oxygen atoms in total. The molecular formula is C28H22BrN. The molecule has 0 spiro atoms. The molecule has 2 heteroatoms. The summed E-state index contributed by atoms with van der Waals surface area (Å²) in [5, 5.41) is 6.27. The first-order valence-corrected chi connectivity index (χ1v) is 11.1. The maximum atomic E-state index is 5.16. The largest absolute Gasteiger partial charge is 0.247 e. The lowest BCUT2D eigenvalue weighted by Crippen LogP contribution is -1.95. The molecule has 0 saturated carbocycles. The molecule has 1 heterocycles.